The minimum atomic E-state index is -4.75. The van der Waals surface area contributed by atoms with Gasteiger partial charge in [-0.3, -0.25) is 9.78 Å². The molecule has 0 bridgehead atoms. The maximum atomic E-state index is 12.5. The number of aliphatic hydroxyl groups excluding tert-OH is 2. The van der Waals surface area contributed by atoms with Crippen molar-refractivity contribution in [3.63, 3.8) is 0 Å². The summed E-state index contributed by atoms with van der Waals surface area (Å²) in [6.07, 6.45) is -8.01. The number of carbonyl (C=O) groups excluding carboxylic acids is 1. The summed E-state index contributed by atoms with van der Waals surface area (Å²) in [5.74, 6) is -1.34. The fourth-order valence-corrected chi connectivity index (χ4v) is 1.20. The molecule has 0 fully saturated rings. The summed E-state index contributed by atoms with van der Waals surface area (Å²) in [5.41, 5.74) is 2.61. The molecule has 94 valence electrons. The summed E-state index contributed by atoms with van der Waals surface area (Å²) in [7, 11) is 0. The number of alkyl halides is 3. The number of nitrogens with two attached hydrogens (primary N) is 1. The van der Waals surface area contributed by atoms with Gasteiger partial charge in [-0.1, -0.05) is 0 Å². The van der Waals surface area contributed by atoms with E-state index in [1.807, 2.05) is 0 Å². The van der Waals surface area contributed by atoms with E-state index in [2.05, 4.69) is 10.7 Å². The smallest absolute Gasteiger partial charge is 0.383 e. The van der Waals surface area contributed by atoms with Crippen LogP contribution >= 0.6 is 0 Å². The second-order valence-corrected chi connectivity index (χ2v) is 3.23. The second-order valence-electron chi connectivity index (χ2n) is 3.23. The maximum Gasteiger partial charge on any atom is 0.418 e. The Labute approximate surface area is 93.7 Å². The standard InChI is InChI=1S/C9H9F3N2O3/c10-9(11,12)4-2-1-3-14-5(4)6(15)7(16)8(13)17/h1-3,6-7,15-16H,(H2,13,17). The number of nitrogens with zero attached hydrogens (tertiary/aromatic N) is 1. The first kappa shape index (κ1) is 13.4. The van der Waals surface area contributed by atoms with Crippen molar-refractivity contribution in [1.29, 1.82) is 0 Å². The molecule has 1 aromatic heterocycles. The normalized spacial score (nSPS) is 15.4. The zero-order valence-corrected chi connectivity index (χ0v) is 8.35. The molecule has 0 aliphatic heterocycles. The van der Waals surface area contributed by atoms with Gasteiger partial charge in [-0.25, -0.2) is 0 Å². The van der Waals surface area contributed by atoms with Crippen molar-refractivity contribution in [2.45, 2.75) is 18.4 Å². The van der Waals surface area contributed by atoms with Gasteiger partial charge in [0.2, 0.25) is 5.91 Å². The molecule has 2 atom stereocenters. The van der Waals surface area contributed by atoms with Gasteiger partial charge in [-0.2, -0.15) is 13.2 Å². The van der Waals surface area contributed by atoms with Gasteiger partial charge < -0.3 is 15.9 Å². The Kier molecular flexibility index (Phi) is 3.69. The summed E-state index contributed by atoms with van der Waals surface area (Å²) in [5, 5.41) is 18.5. The minimum absolute atomic E-state index is 0.680. The molecule has 1 aromatic rings. The van der Waals surface area contributed by atoms with E-state index in [1.54, 1.807) is 0 Å². The maximum absolute atomic E-state index is 12.5. The summed E-state index contributed by atoms with van der Waals surface area (Å²) in [6.45, 7) is 0. The Morgan fingerprint density at radius 1 is 1.41 bits per heavy atom. The SMILES string of the molecule is NC(=O)C(O)C(O)c1ncccc1C(F)(F)F. The molecule has 8 heteroatoms. The predicted octanol–water partition coefficient (Wildman–Crippen LogP) is -0.0200. The van der Waals surface area contributed by atoms with E-state index in [-0.39, 0.29) is 0 Å². The molecular weight excluding hydrogens is 241 g/mol. The van der Waals surface area contributed by atoms with Crippen LogP contribution in [0.2, 0.25) is 0 Å². The fraction of sp³-hybridized carbons (Fsp3) is 0.333. The Hall–Kier alpha value is -1.67. The van der Waals surface area contributed by atoms with Crippen molar-refractivity contribution in [2.24, 2.45) is 5.73 Å². The topological polar surface area (TPSA) is 96.4 Å². The van der Waals surface area contributed by atoms with Crippen LogP contribution < -0.4 is 5.73 Å². The van der Waals surface area contributed by atoms with Crippen LogP contribution in [0.3, 0.4) is 0 Å². The molecule has 1 amide bonds. The number of pyridine rings is 1. The summed E-state index contributed by atoms with van der Waals surface area (Å²) < 4.78 is 37.6. The molecular formula is C9H9F3N2O3. The first-order valence-corrected chi connectivity index (χ1v) is 4.42. The van der Waals surface area contributed by atoms with Crippen LogP contribution in [-0.4, -0.2) is 27.2 Å². The van der Waals surface area contributed by atoms with Crippen molar-refractivity contribution >= 4 is 5.91 Å². The minimum Gasteiger partial charge on any atom is -0.383 e. The number of hydrogen-bond donors (Lipinski definition) is 3. The predicted molar refractivity (Wildman–Crippen MR) is 49.4 cm³/mol. The molecule has 4 N–H and O–H groups in total. The van der Waals surface area contributed by atoms with E-state index in [0.717, 1.165) is 12.3 Å². The van der Waals surface area contributed by atoms with E-state index in [0.29, 0.717) is 6.07 Å². The van der Waals surface area contributed by atoms with Crippen molar-refractivity contribution in [3.05, 3.63) is 29.6 Å². The molecule has 0 saturated carbocycles. The van der Waals surface area contributed by atoms with Crippen LogP contribution in [0.1, 0.15) is 17.4 Å². The van der Waals surface area contributed by atoms with Gasteiger partial charge in [-0.05, 0) is 12.1 Å². The number of amides is 1. The summed E-state index contributed by atoms with van der Waals surface area (Å²) in [4.78, 5) is 13.9. The third kappa shape index (κ3) is 2.92. The van der Waals surface area contributed by atoms with Crippen molar-refractivity contribution in [2.75, 3.05) is 0 Å². The van der Waals surface area contributed by atoms with E-state index < -0.39 is 35.5 Å². The highest BCUT2D eigenvalue weighted by atomic mass is 19.4. The van der Waals surface area contributed by atoms with Crippen LogP contribution in [-0.2, 0) is 11.0 Å². The molecule has 0 aromatic carbocycles. The summed E-state index contributed by atoms with van der Waals surface area (Å²) >= 11 is 0. The first-order valence-electron chi connectivity index (χ1n) is 4.42. The largest absolute Gasteiger partial charge is 0.418 e. The lowest BCUT2D eigenvalue weighted by atomic mass is 10.0. The lowest BCUT2D eigenvalue weighted by molar-refractivity contribution is -0.143. The first-order chi connectivity index (χ1) is 7.75. The lowest BCUT2D eigenvalue weighted by Gasteiger charge is -2.18. The second kappa shape index (κ2) is 4.68. The van der Waals surface area contributed by atoms with Crippen molar-refractivity contribution in [1.82, 2.24) is 4.98 Å². The number of halogens is 3. The molecule has 1 rings (SSSR count). The highest BCUT2D eigenvalue weighted by molar-refractivity contribution is 5.79. The van der Waals surface area contributed by atoms with Crippen molar-refractivity contribution < 1.29 is 28.2 Å². The van der Waals surface area contributed by atoms with Crippen LogP contribution in [0.4, 0.5) is 13.2 Å². The Morgan fingerprint density at radius 2 is 2.00 bits per heavy atom. The number of rotatable bonds is 3. The quantitative estimate of drug-likeness (QED) is 0.702. The molecule has 5 nitrogen and oxygen atoms in total. The highest BCUT2D eigenvalue weighted by Crippen LogP contribution is 2.34. The van der Waals surface area contributed by atoms with Gasteiger partial charge in [0.15, 0.2) is 6.10 Å². The van der Waals surface area contributed by atoms with E-state index in [4.69, 9.17) is 5.11 Å². The molecule has 0 spiro atoms. The molecule has 0 aliphatic carbocycles. The average Bonchev–Trinajstić information content (AvgIpc) is 2.25. The molecule has 0 saturated heterocycles. The third-order valence-corrected chi connectivity index (χ3v) is 2.01. The number of aromatic nitrogens is 1. The zero-order valence-electron chi connectivity index (χ0n) is 8.35. The fourth-order valence-electron chi connectivity index (χ4n) is 1.20. The lowest BCUT2D eigenvalue weighted by Crippen LogP contribution is -2.35. The van der Waals surface area contributed by atoms with Crippen LogP contribution in [0.15, 0.2) is 18.3 Å². The van der Waals surface area contributed by atoms with Crippen LogP contribution in [0.25, 0.3) is 0 Å². The average molecular weight is 250 g/mol. The molecule has 0 aliphatic rings. The van der Waals surface area contributed by atoms with Crippen LogP contribution in [0, 0.1) is 0 Å². The van der Waals surface area contributed by atoms with Gasteiger partial charge in [-0.15, -0.1) is 0 Å². The highest BCUT2D eigenvalue weighted by Gasteiger charge is 2.38. The monoisotopic (exact) mass is 250 g/mol. The Balaban J connectivity index is 3.18. The Bertz CT molecular complexity index is 422. The molecule has 17 heavy (non-hydrogen) atoms. The zero-order chi connectivity index (χ0) is 13.2. The van der Waals surface area contributed by atoms with Gasteiger partial charge >= 0.3 is 6.18 Å². The Morgan fingerprint density at radius 3 is 2.47 bits per heavy atom. The van der Waals surface area contributed by atoms with Crippen molar-refractivity contribution in [3.8, 4) is 0 Å². The van der Waals surface area contributed by atoms with Gasteiger partial charge in [0.1, 0.15) is 6.10 Å². The van der Waals surface area contributed by atoms with Gasteiger partial charge in [0.25, 0.3) is 0 Å². The van der Waals surface area contributed by atoms with Gasteiger partial charge in [0, 0.05) is 6.20 Å². The van der Waals surface area contributed by atoms with Gasteiger partial charge in [0.05, 0.1) is 11.3 Å². The number of carbonyl (C=O) groups is 1. The van der Waals surface area contributed by atoms with Crippen LogP contribution in [0.5, 0.6) is 0 Å². The third-order valence-electron chi connectivity index (χ3n) is 2.01. The molecule has 2 unspecified atom stereocenters. The number of primary amides is 1. The van der Waals surface area contributed by atoms with E-state index in [9.17, 15) is 23.1 Å². The molecule has 1 heterocycles. The van der Waals surface area contributed by atoms with E-state index in [1.165, 1.54) is 0 Å². The number of aliphatic hydroxyl groups is 2. The number of hydrogen-bond acceptors (Lipinski definition) is 4. The van der Waals surface area contributed by atoms with E-state index >= 15 is 0 Å². The molecule has 0 radical (unpaired) electrons. The summed E-state index contributed by atoms with van der Waals surface area (Å²) in [6, 6.07) is 1.70.